The lowest BCUT2D eigenvalue weighted by molar-refractivity contribution is -0.138. The third-order valence-corrected chi connectivity index (χ3v) is 4.46. The zero-order valence-corrected chi connectivity index (χ0v) is 10.5. The molecule has 1 atom stereocenters. The average molecular weight is 245 g/mol. The second-order valence-electron chi connectivity index (χ2n) is 5.55. The molecule has 0 radical (unpaired) electrons. The number of aliphatic hydroxyl groups is 1. The SMILES string of the molecule is O=C1N(Cc2ccccc2)C[C@H](O)C12CCCC2. The Kier molecular flexibility index (Phi) is 2.86. The zero-order chi connectivity index (χ0) is 12.6. The van der Waals surface area contributed by atoms with Gasteiger partial charge < -0.3 is 10.0 Å². The van der Waals surface area contributed by atoms with Crippen LogP contribution in [0.15, 0.2) is 30.3 Å². The van der Waals surface area contributed by atoms with Crippen LogP contribution in [0.4, 0.5) is 0 Å². The lowest BCUT2D eigenvalue weighted by Crippen LogP contribution is -2.36. The molecule has 1 N–H and O–H groups in total. The molecule has 1 aliphatic heterocycles. The minimum Gasteiger partial charge on any atom is -0.390 e. The zero-order valence-electron chi connectivity index (χ0n) is 10.5. The molecule has 1 aromatic carbocycles. The number of rotatable bonds is 2. The number of likely N-dealkylation sites (tertiary alicyclic amines) is 1. The number of aliphatic hydroxyl groups excluding tert-OH is 1. The van der Waals surface area contributed by atoms with Crippen molar-refractivity contribution in [1.82, 2.24) is 4.90 Å². The van der Waals surface area contributed by atoms with Gasteiger partial charge in [0, 0.05) is 13.1 Å². The topological polar surface area (TPSA) is 40.5 Å². The summed E-state index contributed by atoms with van der Waals surface area (Å²) in [5.74, 6) is 0.163. The van der Waals surface area contributed by atoms with Gasteiger partial charge in [-0.2, -0.15) is 0 Å². The first kappa shape index (κ1) is 11.7. The van der Waals surface area contributed by atoms with E-state index in [0.717, 1.165) is 31.2 Å². The second kappa shape index (κ2) is 4.39. The van der Waals surface area contributed by atoms with Crippen molar-refractivity contribution in [3.63, 3.8) is 0 Å². The normalized spacial score (nSPS) is 26.2. The molecule has 3 heteroatoms. The molecule has 0 bridgehead atoms. The maximum atomic E-state index is 12.5. The van der Waals surface area contributed by atoms with Crippen molar-refractivity contribution >= 4 is 5.91 Å². The fourth-order valence-corrected chi connectivity index (χ4v) is 3.42. The van der Waals surface area contributed by atoms with Crippen LogP contribution in [0.2, 0.25) is 0 Å². The average Bonchev–Trinajstić information content (AvgIpc) is 2.95. The summed E-state index contributed by atoms with van der Waals surface area (Å²) in [6.45, 7) is 1.12. The Morgan fingerprint density at radius 3 is 2.56 bits per heavy atom. The molecule has 1 aromatic rings. The largest absolute Gasteiger partial charge is 0.390 e. The van der Waals surface area contributed by atoms with Gasteiger partial charge in [0.15, 0.2) is 0 Å². The molecule has 2 aliphatic rings. The smallest absolute Gasteiger partial charge is 0.231 e. The van der Waals surface area contributed by atoms with Crippen molar-refractivity contribution in [1.29, 1.82) is 0 Å². The van der Waals surface area contributed by atoms with Crippen molar-refractivity contribution in [3.05, 3.63) is 35.9 Å². The van der Waals surface area contributed by atoms with Crippen molar-refractivity contribution < 1.29 is 9.90 Å². The van der Waals surface area contributed by atoms with Crippen LogP contribution in [0.5, 0.6) is 0 Å². The van der Waals surface area contributed by atoms with E-state index in [1.165, 1.54) is 0 Å². The van der Waals surface area contributed by atoms with Gasteiger partial charge in [0.2, 0.25) is 5.91 Å². The quantitative estimate of drug-likeness (QED) is 0.865. The third kappa shape index (κ3) is 1.74. The van der Waals surface area contributed by atoms with Crippen molar-refractivity contribution in [3.8, 4) is 0 Å². The first-order valence-corrected chi connectivity index (χ1v) is 6.74. The van der Waals surface area contributed by atoms with E-state index in [0.29, 0.717) is 13.1 Å². The fraction of sp³-hybridized carbons (Fsp3) is 0.533. The Morgan fingerprint density at radius 1 is 1.22 bits per heavy atom. The van der Waals surface area contributed by atoms with Crippen LogP contribution in [0.3, 0.4) is 0 Å². The molecule has 3 nitrogen and oxygen atoms in total. The van der Waals surface area contributed by atoms with Crippen LogP contribution >= 0.6 is 0 Å². The Balaban J connectivity index is 1.78. The molecule has 1 spiro atoms. The molecule has 1 heterocycles. The summed E-state index contributed by atoms with van der Waals surface area (Å²) in [5, 5.41) is 10.2. The number of benzene rings is 1. The highest BCUT2D eigenvalue weighted by atomic mass is 16.3. The summed E-state index contributed by atoms with van der Waals surface area (Å²) in [4.78, 5) is 14.3. The Labute approximate surface area is 107 Å². The molecule has 1 amide bonds. The predicted molar refractivity (Wildman–Crippen MR) is 68.8 cm³/mol. The van der Waals surface area contributed by atoms with Gasteiger partial charge in [-0.1, -0.05) is 43.2 Å². The van der Waals surface area contributed by atoms with Crippen molar-refractivity contribution in [2.24, 2.45) is 5.41 Å². The number of hydrogen-bond acceptors (Lipinski definition) is 2. The number of nitrogens with zero attached hydrogens (tertiary/aromatic N) is 1. The first-order valence-electron chi connectivity index (χ1n) is 6.74. The van der Waals surface area contributed by atoms with E-state index < -0.39 is 11.5 Å². The monoisotopic (exact) mass is 245 g/mol. The molecule has 3 rings (SSSR count). The van der Waals surface area contributed by atoms with Crippen LogP contribution in [-0.4, -0.2) is 28.6 Å². The number of amides is 1. The van der Waals surface area contributed by atoms with E-state index in [1.54, 1.807) is 0 Å². The maximum Gasteiger partial charge on any atom is 0.231 e. The van der Waals surface area contributed by atoms with E-state index in [1.807, 2.05) is 35.2 Å². The fourth-order valence-electron chi connectivity index (χ4n) is 3.42. The molecule has 1 saturated heterocycles. The lowest BCUT2D eigenvalue weighted by Gasteiger charge is -2.24. The van der Waals surface area contributed by atoms with E-state index in [9.17, 15) is 9.90 Å². The lowest BCUT2D eigenvalue weighted by atomic mass is 9.82. The Morgan fingerprint density at radius 2 is 1.89 bits per heavy atom. The minimum absolute atomic E-state index is 0.163. The van der Waals surface area contributed by atoms with E-state index in [2.05, 4.69) is 0 Å². The standard InChI is InChI=1S/C15H19NO2/c17-13-11-16(10-12-6-2-1-3-7-12)14(18)15(13)8-4-5-9-15/h1-3,6-7,13,17H,4-5,8-11H2/t13-/m0/s1. The van der Waals surface area contributed by atoms with E-state index in [-0.39, 0.29) is 5.91 Å². The van der Waals surface area contributed by atoms with Crippen molar-refractivity contribution in [2.75, 3.05) is 6.54 Å². The van der Waals surface area contributed by atoms with Gasteiger partial charge >= 0.3 is 0 Å². The summed E-state index contributed by atoms with van der Waals surface area (Å²) >= 11 is 0. The molecule has 0 aromatic heterocycles. The highest BCUT2D eigenvalue weighted by molar-refractivity contribution is 5.86. The van der Waals surface area contributed by atoms with E-state index in [4.69, 9.17) is 0 Å². The van der Waals surface area contributed by atoms with Gasteiger partial charge in [0.05, 0.1) is 11.5 Å². The molecule has 1 saturated carbocycles. The van der Waals surface area contributed by atoms with Crippen LogP contribution in [0.25, 0.3) is 0 Å². The third-order valence-electron chi connectivity index (χ3n) is 4.46. The van der Waals surface area contributed by atoms with Crippen LogP contribution in [0, 0.1) is 5.41 Å². The summed E-state index contributed by atoms with van der Waals surface area (Å²) in [6.07, 6.45) is 3.39. The Hall–Kier alpha value is -1.35. The van der Waals surface area contributed by atoms with Crippen LogP contribution in [0.1, 0.15) is 31.2 Å². The summed E-state index contributed by atoms with van der Waals surface area (Å²) in [5.41, 5.74) is 0.683. The number of β-amino-alcohol motifs (C(OH)–C–C–N with tert-alkyl or cyclic N) is 1. The predicted octanol–water partition coefficient (Wildman–Crippen LogP) is 1.95. The van der Waals surface area contributed by atoms with Gasteiger partial charge in [-0.3, -0.25) is 4.79 Å². The number of hydrogen-bond donors (Lipinski definition) is 1. The first-order chi connectivity index (χ1) is 8.72. The molecule has 2 fully saturated rings. The van der Waals surface area contributed by atoms with Gasteiger partial charge in [-0.15, -0.1) is 0 Å². The summed E-state index contributed by atoms with van der Waals surface area (Å²) < 4.78 is 0. The van der Waals surface area contributed by atoms with Gasteiger partial charge in [0.1, 0.15) is 0 Å². The van der Waals surface area contributed by atoms with E-state index >= 15 is 0 Å². The van der Waals surface area contributed by atoms with Gasteiger partial charge in [-0.05, 0) is 18.4 Å². The van der Waals surface area contributed by atoms with Gasteiger partial charge in [-0.25, -0.2) is 0 Å². The Bertz CT molecular complexity index is 437. The molecular formula is C15H19NO2. The minimum atomic E-state index is -0.476. The number of carbonyl (C=O) groups excluding carboxylic acids is 1. The molecular weight excluding hydrogens is 226 g/mol. The molecule has 18 heavy (non-hydrogen) atoms. The second-order valence-corrected chi connectivity index (χ2v) is 5.55. The molecule has 1 aliphatic carbocycles. The van der Waals surface area contributed by atoms with Crippen molar-refractivity contribution in [2.45, 2.75) is 38.3 Å². The maximum absolute atomic E-state index is 12.5. The highest BCUT2D eigenvalue weighted by Gasteiger charge is 2.54. The molecule has 96 valence electrons. The number of carbonyl (C=O) groups is 1. The summed E-state index contributed by atoms with van der Waals surface area (Å²) in [7, 11) is 0. The highest BCUT2D eigenvalue weighted by Crippen LogP contribution is 2.46. The van der Waals surface area contributed by atoms with Crippen LogP contribution in [-0.2, 0) is 11.3 Å². The summed E-state index contributed by atoms with van der Waals surface area (Å²) in [6, 6.07) is 10.00. The van der Waals surface area contributed by atoms with Crippen LogP contribution < -0.4 is 0 Å². The van der Waals surface area contributed by atoms with Gasteiger partial charge in [0.25, 0.3) is 0 Å². The molecule has 0 unspecified atom stereocenters.